The predicted octanol–water partition coefficient (Wildman–Crippen LogP) is 2.39. The van der Waals surface area contributed by atoms with Gasteiger partial charge >= 0.3 is 0 Å². The quantitative estimate of drug-likeness (QED) is 0.796. The van der Waals surface area contributed by atoms with Crippen molar-refractivity contribution in [2.24, 2.45) is 11.8 Å². The molecule has 2 aromatic rings. The Balaban J connectivity index is 1.65. The van der Waals surface area contributed by atoms with Crippen LogP contribution in [-0.2, 0) is 13.0 Å². The number of amides is 2. The number of carbonyl (C=O) groups is 2. The Morgan fingerprint density at radius 2 is 2.18 bits per heavy atom. The second kappa shape index (κ2) is 8.99. The van der Waals surface area contributed by atoms with Gasteiger partial charge in [0.1, 0.15) is 0 Å². The van der Waals surface area contributed by atoms with Crippen molar-refractivity contribution in [2.45, 2.75) is 40.2 Å². The monoisotopic (exact) mass is 383 g/mol. The molecule has 7 nitrogen and oxygen atoms in total. The molecule has 0 saturated carbocycles. The van der Waals surface area contributed by atoms with Crippen molar-refractivity contribution in [3.8, 4) is 0 Å². The number of fused-ring (bicyclic) bond motifs is 1. The van der Waals surface area contributed by atoms with E-state index < -0.39 is 0 Å². The normalized spacial score (nSPS) is 15.9. The Hall–Kier alpha value is -2.70. The number of nitrogens with zero attached hydrogens (tertiary/aromatic N) is 4. The van der Waals surface area contributed by atoms with Gasteiger partial charge in [-0.15, -0.1) is 0 Å². The third-order valence-electron chi connectivity index (χ3n) is 5.14. The van der Waals surface area contributed by atoms with Gasteiger partial charge in [-0.05, 0) is 43.7 Å². The first-order valence-electron chi connectivity index (χ1n) is 10.0. The standard InChI is InChI=1S/C21H29N5O2/c1-4-25(14-15(2)3)21(28)18-13-24-26-9-7-16(10-19(18)26)11-23-20(27)17-6-5-8-22-12-17/h5-6,8,12-13,15-16H,4,7,9-11,14H2,1-3H3,(H,23,27)/t16-/m0/s1. The molecule has 0 aliphatic carbocycles. The molecular formula is C21H29N5O2. The summed E-state index contributed by atoms with van der Waals surface area (Å²) in [5.41, 5.74) is 2.25. The lowest BCUT2D eigenvalue weighted by atomic mass is 9.94. The van der Waals surface area contributed by atoms with Crippen LogP contribution in [0.15, 0.2) is 30.7 Å². The molecule has 1 aliphatic heterocycles. The van der Waals surface area contributed by atoms with Gasteiger partial charge in [0.15, 0.2) is 0 Å². The van der Waals surface area contributed by atoms with Crippen LogP contribution in [0, 0.1) is 11.8 Å². The average Bonchev–Trinajstić information content (AvgIpc) is 3.13. The number of hydrogen-bond acceptors (Lipinski definition) is 4. The number of aromatic nitrogens is 3. The highest BCUT2D eigenvalue weighted by molar-refractivity contribution is 5.95. The largest absolute Gasteiger partial charge is 0.352 e. The summed E-state index contributed by atoms with van der Waals surface area (Å²) in [7, 11) is 0. The lowest BCUT2D eigenvalue weighted by molar-refractivity contribution is 0.0743. The molecule has 3 rings (SSSR count). The van der Waals surface area contributed by atoms with E-state index in [1.54, 1.807) is 30.7 Å². The molecule has 1 N–H and O–H groups in total. The lowest BCUT2D eigenvalue weighted by Crippen LogP contribution is -2.36. The van der Waals surface area contributed by atoms with Crippen LogP contribution in [0.4, 0.5) is 0 Å². The minimum Gasteiger partial charge on any atom is -0.352 e. The molecule has 0 saturated heterocycles. The van der Waals surface area contributed by atoms with Crippen molar-refractivity contribution in [3.05, 3.63) is 47.5 Å². The maximum atomic E-state index is 13.0. The summed E-state index contributed by atoms with van der Waals surface area (Å²) >= 11 is 0. The van der Waals surface area contributed by atoms with Gasteiger partial charge in [-0.3, -0.25) is 19.3 Å². The van der Waals surface area contributed by atoms with Gasteiger partial charge in [-0.2, -0.15) is 5.10 Å². The first-order chi connectivity index (χ1) is 13.5. The van der Waals surface area contributed by atoms with Crippen molar-refractivity contribution in [1.82, 2.24) is 25.0 Å². The molecule has 0 aromatic carbocycles. The molecule has 2 aromatic heterocycles. The van der Waals surface area contributed by atoms with Gasteiger partial charge in [-0.25, -0.2) is 0 Å². The Labute approximate surface area is 166 Å². The highest BCUT2D eigenvalue weighted by Crippen LogP contribution is 2.24. The van der Waals surface area contributed by atoms with E-state index in [0.29, 0.717) is 30.1 Å². The van der Waals surface area contributed by atoms with E-state index in [9.17, 15) is 9.59 Å². The van der Waals surface area contributed by atoms with E-state index in [-0.39, 0.29) is 17.7 Å². The van der Waals surface area contributed by atoms with Crippen LogP contribution in [-0.4, -0.2) is 51.1 Å². The summed E-state index contributed by atoms with van der Waals surface area (Å²) in [5, 5.41) is 7.42. The second-order valence-electron chi connectivity index (χ2n) is 7.78. The van der Waals surface area contributed by atoms with E-state index >= 15 is 0 Å². The molecule has 150 valence electrons. The molecule has 3 heterocycles. The Kier molecular flexibility index (Phi) is 6.44. The minimum atomic E-state index is -0.113. The third kappa shape index (κ3) is 4.58. The molecule has 1 aliphatic rings. The van der Waals surface area contributed by atoms with Gasteiger partial charge in [0.25, 0.3) is 11.8 Å². The van der Waals surface area contributed by atoms with Crippen molar-refractivity contribution >= 4 is 11.8 Å². The van der Waals surface area contributed by atoms with Crippen molar-refractivity contribution in [1.29, 1.82) is 0 Å². The first-order valence-corrected chi connectivity index (χ1v) is 10.0. The summed E-state index contributed by atoms with van der Waals surface area (Å²) in [5.74, 6) is 0.650. The third-order valence-corrected chi connectivity index (χ3v) is 5.14. The zero-order valence-electron chi connectivity index (χ0n) is 16.9. The molecule has 0 bridgehead atoms. The molecule has 1 atom stereocenters. The highest BCUT2D eigenvalue weighted by Gasteiger charge is 2.27. The van der Waals surface area contributed by atoms with Crippen LogP contribution in [0.5, 0.6) is 0 Å². The summed E-state index contributed by atoms with van der Waals surface area (Å²) in [6.07, 6.45) is 6.59. The molecule has 0 unspecified atom stereocenters. The number of aryl methyl sites for hydroxylation is 1. The number of pyridine rings is 1. The molecule has 0 spiro atoms. The smallest absolute Gasteiger partial charge is 0.257 e. The van der Waals surface area contributed by atoms with Crippen LogP contribution in [0.3, 0.4) is 0 Å². The zero-order chi connectivity index (χ0) is 20.1. The van der Waals surface area contributed by atoms with Crippen LogP contribution >= 0.6 is 0 Å². The van der Waals surface area contributed by atoms with Gasteiger partial charge < -0.3 is 10.2 Å². The molecule has 7 heteroatoms. The molecule has 0 fully saturated rings. The molecule has 0 radical (unpaired) electrons. The Morgan fingerprint density at radius 3 is 2.86 bits per heavy atom. The fraction of sp³-hybridized carbons (Fsp3) is 0.524. The maximum absolute atomic E-state index is 13.0. The maximum Gasteiger partial charge on any atom is 0.257 e. The van der Waals surface area contributed by atoms with E-state index in [1.807, 2.05) is 16.5 Å². The fourth-order valence-corrected chi connectivity index (χ4v) is 3.65. The van der Waals surface area contributed by atoms with Gasteiger partial charge in [0, 0.05) is 38.6 Å². The van der Waals surface area contributed by atoms with Gasteiger partial charge in [0.05, 0.1) is 23.0 Å². The fourth-order valence-electron chi connectivity index (χ4n) is 3.65. The summed E-state index contributed by atoms with van der Waals surface area (Å²) in [4.78, 5) is 31.1. The van der Waals surface area contributed by atoms with Crippen LogP contribution < -0.4 is 5.32 Å². The van der Waals surface area contributed by atoms with E-state index in [0.717, 1.165) is 31.6 Å². The van der Waals surface area contributed by atoms with E-state index in [1.165, 1.54) is 0 Å². The summed E-state index contributed by atoms with van der Waals surface area (Å²) < 4.78 is 1.94. The van der Waals surface area contributed by atoms with Crippen LogP contribution in [0.25, 0.3) is 0 Å². The van der Waals surface area contributed by atoms with Gasteiger partial charge in [0.2, 0.25) is 0 Å². The summed E-state index contributed by atoms with van der Waals surface area (Å²) in [6, 6.07) is 3.51. The topological polar surface area (TPSA) is 80.1 Å². The molecule has 28 heavy (non-hydrogen) atoms. The lowest BCUT2D eigenvalue weighted by Gasteiger charge is -2.26. The number of carbonyl (C=O) groups excluding carboxylic acids is 2. The van der Waals surface area contributed by atoms with Crippen molar-refractivity contribution in [3.63, 3.8) is 0 Å². The van der Waals surface area contributed by atoms with Gasteiger partial charge in [-0.1, -0.05) is 13.8 Å². The average molecular weight is 383 g/mol. The van der Waals surface area contributed by atoms with Crippen molar-refractivity contribution < 1.29 is 9.59 Å². The second-order valence-corrected chi connectivity index (χ2v) is 7.78. The summed E-state index contributed by atoms with van der Waals surface area (Å²) in [6.45, 7) is 9.01. The van der Waals surface area contributed by atoms with Crippen LogP contribution in [0.1, 0.15) is 53.6 Å². The van der Waals surface area contributed by atoms with E-state index in [2.05, 4.69) is 29.2 Å². The van der Waals surface area contributed by atoms with Crippen molar-refractivity contribution in [2.75, 3.05) is 19.6 Å². The number of hydrogen-bond donors (Lipinski definition) is 1. The molecule has 2 amide bonds. The Bertz CT molecular complexity index is 815. The SMILES string of the molecule is CCN(CC(C)C)C(=O)c1cnn2c1C[C@@H](CNC(=O)c1cccnc1)CC2. The zero-order valence-corrected chi connectivity index (χ0v) is 16.9. The number of nitrogens with one attached hydrogen (secondary N) is 1. The molecular weight excluding hydrogens is 354 g/mol. The van der Waals surface area contributed by atoms with E-state index in [4.69, 9.17) is 0 Å². The number of rotatable bonds is 7. The minimum absolute atomic E-state index is 0.0532. The Morgan fingerprint density at radius 1 is 1.36 bits per heavy atom. The van der Waals surface area contributed by atoms with Crippen LogP contribution in [0.2, 0.25) is 0 Å². The predicted molar refractivity (Wildman–Crippen MR) is 107 cm³/mol. The first kappa shape index (κ1) is 20.0. The highest BCUT2D eigenvalue weighted by atomic mass is 16.2.